The first-order chi connectivity index (χ1) is 8.97. The molecular weight excluding hydrogens is 268 g/mol. The van der Waals surface area contributed by atoms with Gasteiger partial charge in [0, 0.05) is 6.04 Å². The second-order valence-corrected chi connectivity index (χ2v) is 4.97. The van der Waals surface area contributed by atoms with Crippen molar-refractivity contribution in [1.29, 1.82) is 0 Å². The van der Waals surface area contributed by atoms with E-state index in [4.69, 9.17) is 17.3 Å². The van der Waals surface area contributed by atoms with Crippen LogP contribution in [0.4, 0.5) is 8.78 Å². The molecule has 0 aliphatic heterocycles. The number of hydrogen-bond donors (Lipinski definition) is 1. The van der Waals surface area contributed by atoms with Crippen LogP contribution in [0.15, 0.2) is 36.4 Å². The number of aryl methyl sites for hydroxylation is 1. The lowest BCUT2D eigenvalue weighted by molar-refractivity contribution is 0.616. The summed E-state index contributed by atoms with van der Waals surface area (Å²) in [5.74, 6) is -0.769. The molecule has 0 radical (unpaired) electrons. The lowest BCUT2D eigenvalue weighted by Gasteiger charge is -2.15. The molecule has 0 saturated heterocycles. The van der Waals surface area contributed by atoms with E-state index in [0.717, 1.165) is 16.7 Å². The highest BCUT2D eigenvalue weighted by Gasteiger charge is 2.12. The van der Waals surface area contributed by atoms with Gasteiger partial charge in [-0.25, -0.2) is 8.78 Å². The third kappa shape index (κ3) is 3.31. The van der Waals surface area contributed by atoms with Crippen molar-refractivity contribution in [3.8, 4) is 0 Å². The van der Waals surface area contributed by atoms with Crippen molar-refractivity contribution in [2.45, 2.75) is 19.4 Å². The smallest absolute Gasteiger partial charge is 0.141 e. The molecule has 19 heavy (non-hydrogen) atoms. The first-order valence-corrected chi connectivity index (χ1v) is 6.30. The molecular formula is C15H14ClF2N. The Labute approximate surface area is 116 Å². The van der Waals surface area contributed by atoms with Gasteiger partial charge < -0.3 is 5.73 Å². The lowest BCUT2D eigenvalue weighted by atomic mass is 9.96. The van der Waals surface area contributed by atoms with Crippen LogP contribution in [0, 0.1) is 18.6 Å². The fourth-order valence-corrected chi connectivity index (χ4v) is 2.24. The zero-order valence-electron chi connectivity index (χ0n) is 10.5. The Balaban J connectivity index is 2.22. The minimum absolute atomic E-state index is 0.0701. The van der Waals surface area contributed by atoms with Crippen LogP contribution >= 0.6 is 11.6 Å². The van der Waals surface area contributed by atoms with E-state index >= 15 is 0 Å². The largest absolute Gasteiger partial charge is 0.324 e. The molecule has 2 aromatic carbocycles. The fourth-order valence-electron chi connectivity index (χ4n) is 2.04. The van der Waals surface area contributed by atoms with Gasteiger partial charge in [-0.15, -0.1) is 0 Å². The monoisotopic (exact) mass is 281 g/mol. The standard InChI is InChI=1S/C15H14ClF2N/c1-9-2-4-11(17)8-12(9)15(19)7-10-3-5-14(18)13(16)6-10/h2-6,8,15H,7,19H2,1H3. The zero-order valence-corrected chi connectivity index (χ0v) is 11.2. The van der Waals surface area contributed by atoms with E-state index in [1.165, 1.54) is 18.2 Å². The molecule has 0 aromatic heterocycles. The summed E-state index contributed by atoms with van der Waals surface area (Å²) in [7, 11) is 0. The van der Waals surface area contributed by atoms with Gasteiger partial charge in [0.05, 0.1) is 5.02 Å². The van der Waals surface area contributed by atoms with Gasteiger partial charge in [0.25, 0.3) is 0 Å². The number of rotatable bonds is 3. The Morgan fingerprint density at radius 1 is 1.16 bits per heavy atom. The molecule has 0 aliphatic rings. The molecule has 0 amide bonds. The Hall–Kier alpha value is -1.45. The SMILES string of the molecule is Cc1ccc(F)cc1C(N)Cc1ccc(F)c(Cl)c1. The number of nitrogens with two attached hydrogens (primary N) is 1. The zero-order chi connectivity index (χ0) is 14.0. The molecule has 0 saturated carbocycles. The van der Waals surface area contributed by atoms with E-state index in [0.29, 0.717) is 6.42 Å². The average Bonchev–Trinajstić information content (AvgIpc) is 2.36. The average molecular weight is 282 g/mol. The highest BCUT2D eigenvalue weighted by atomic mass is 35.5. The Morgan fingerprint density at radius 2 is 1.89 bits per heavy atom. The second kappa shape index (κ2) is 5.68. The van der Waals surface area contributed by atoms with E-state index in [9.17, 15) is 8.78 Å². The summed E-state index contributed by atoms with van der Waals surface area (Å²) < 4.78 is 26.3. The van der Waals surface area contributed by atoms with Crippen LogP contribution in [0.2, 0.25) is 5.02 Å². The normalized spacial score (nSPS) is 12.5. The van der Waals surface area contributed by atoms with Crippen molar-refractivity contribution >= 4 is 11.6 Å². The van der Waals surface area contributed by atoms with Crippen LogP contribution < -0.4 is 5.73 Å². The third-order valence-electron chi connectivity index (χ3n) is 3.08. The van der Waals surface area contributed by atoms with Crippen LogP contribution in [0.5, 0.6) is 0 Å². The maximum atomic E-state index is 13.2. The predicted octanol–water partition coefficient (Wildman–Crippen LogP) is 4.17. The Bertz CT molecular complexity index is 599. The van der Waals surface area contributed by atoms with Crippen molar-refractivity contribution in [2.75, 3.05) is 0 Å². The molecule has 1 unspecified atom stereocenters. The van der Waals surface area contributed by atoms with Gasteiger partial charge in [0.1, 0.15) is 11.6 Å². The second-order valence-electron chi connectivity index (χ2n) is 4.56. The van der Waals surface area contributed by atoms with E-state index in [2.05, 4.69) is 0 Å². The van der Waals surface area contributed by atoms with E-state index < -0.39 is 5.82 Å². The molecule has 0 bridgehead atoms. The summed E-state index contributed by atoms with van der Waals surface area (Å²) in [6.45, 7) is 1.88. The summed E-state index contributed by atoms with van der Waals surface area (Å²) in [6.07, 6.45) is 0.476. The van der Waals surface area contributed by atoms with Crippen molar-refractivity contribution < 1.29 is 8.78 Å². The molecule has 100 valence electrons. The highest BCUT2D eigenvalue weighted by Crippen LogP contribution is 2.23. The Morgan fingerprint density at radius 3 is 2.58 bits per heavy atom. The van der Waals surface area contributed by atoms with Gasteiger partial charge in [0.15, 0.2) is 0 Å². The van der Waals surface area contributed by atoms with Gasteiger partial charge in [0.2, 0.25) is 0 Å². The number of hydrogen-bond acceptors (Lipinski definition) is 1. The molecule has 0 heterocycles. The third-order valence-corrected chi connectivity index (χ3v) is 3.37. The molecule has 2 N–H and O–H groups in total. The van der Waals surface area contributed by atoms with Crippen molar-refractivity contribution in [1.82, 2.24) is 0 Å². The van der Waals surface area contributed by atoms with Crippen molar-refractivity contribution in [3.05, 3.63) is 69.7 Å². The van der Waals surface area contributed by atoms with E-state index in [1.807, 2.05) is 6.92 Å². The molecule has 2 aromatic rings. The molecule has 2 rings (SSSR count). The Kier molecular flexibility index (Phi) is 4.17. The van der Waals surface area contributed by atoms with Crippen LogP contribution in [-0.2, 0) is 6.42 Å². The quantitative estimate of drug-likeness (QED) is 0.898. The first-order valence-electron chi connectivity index (χ1n) is 5.93. The number of benzene rings is 2. The van der Waals surface area contributed by atoms with Gasteiger partial charge in [-0.2, -0.15) is 0 Å². The maximum Gasteiger partial charge on any atom is 0.141 e. The summed E-state index contributed by atoms with van der Waals surface area (Å²) >= 11 is 5.72. The van der Waals surface area contributed by atoms with Gasteiger partial charge >= 0.3 is 0 Å². The van der Waals surface area contributed by atoms with E-state index in [1.54, 1.807) is 18.2 Å². The van der Waals surface area contributed by atoms with Crippen molar-refractivity contribution in [2.24, 2.45) is 5.73 Å². The van der Waals surface area contributed by atoms with Crippen LogP contribution in [0.3, 0.4) is 0 Å². The van der Waals surface area contributed by atoms with Crippen molar-refractivity contribution in [3.63, 3.8) is 0 Å². The summed E-state index contributed by atoms with van der Waals surface area (Å²) in [5.41, 5.74) is 8.59. The minimum atomic E-state index is -0.457. The molecule has 1 nitrogen and oxygen atoms in total. The van der Waals surface area contributed by atoms with E-state index in [-0.39, 0.29) is 16.9 Å². The first kappa shape index (κ1) is 14.0. The number of halogens is 3. The molecule has 0 fully saturated rings. The van der Waals surface area contributed by atoms with Gasteiger partial charge in [-0.1, -0.05) is 23.7 Å². The fraction of sp³-hybridized carbons (Fsp3) is 0.200. The maximum absolute atomic E-state index is 13.2. The topological polar surface area (TPSA) is 26.0 Å². The molecule has 0 spiro atoms. The van der Waals surface area contributed by atoms with Gasteiger partial charge in [-0.3, -0.25) is 0 Å². The van der Waals surface area contributed by atoms with Crippen LogP contribution in [0.25, 0.3) is 0 Å². The molecule has 4 heteroatoms. The highest BCUT2D eigenvalue weighted by molar-refractivity contribution is 6.30. The molecule has 0 aliphatic carbocycles. The summed E-state index contributed by atoms with van der Waals surface area (Å²) in [6, 6.07) is 8.68. The van der Waals surface area contributed by atoms with Crippen LogP contribution in [0.1, 0.15) is 22.7 Å². The van der Waals surface area contributed by atoms with Gasteiger partial charge in [-0.05, 0) is 54.3 Å². The molecule has 1 atom stereocenters. The summed E-state index contributed by atoms with van der Waals surface area (Å²) in [5, 5.41) is 0.0701. The van der Waals surface area contributed by atoms with Crippen LogP contribution in [-0.4, -0.2) is 0 Å². The minimum Gasteiger partial charge on any atom is -0.324 e. The predicted molar refractivity (Wildman–Crippen MR) is 73.2 cm³/mol. The lowest BCUT2D eigenvalue weighted by Crippen LogP contribution is -2.15. The summed E-state index contributed by atoms with van der Waals surface area (Å²) in [4.78, 5) is 0.